The molecule has 0 bridgehead atoms. The predicted octanol–water partition coefficient (Wildman–Crippen LogP) is 3.19. The molecule has 0 aliphatic rings. The number of carbonyl (C=O) groups is 1. The molecule has 0 atom stereocenters. The molecule has 0 aliphatic heterocycles. The number of phenolic OH excluding ortho intramolecular Hbond substituents is 1. The van der Waals surface area contributed by atoms with Crippen LogP contribution in [0.25, 0.3) is 0 Å². The van der Waals surface area contributed by atoms with Gasteiger partial charge in [0.2, 0.25) is 0 Å². The van der Waals surface area contributed by atoms with Crippen molar-refractivity contribution >= 4 is 17.6 Å². The van der Waals surface area contributed by atoms with Crippen LogP contribution in [0.1, 0.15) is 37.3 Å². The summed E-state index contributed by atoms with van der Waals surface area (Å²) in [6, 6.07) is 3.26. The van der Waals surface area contributed by atoms with E-state index in [9.17, 15) is 9.90 Å². The summed E-state index contributed by atoms with van der Waals surface area (Å²) in [6.07, 6.45) is 0.282. The first kappa shape index (κ1) is 12.8. The van der Waals surface area contributed by atoms with Gasteiger partial charge in [-0.1, -0.05) is 25.4 Å². The number of carboxylic acid groups (broad SMARTS) is 1. The van der Waals surface area contributed by atoms with E-state index >= 15 is 0 Å². The van der Waals surface area contributed by atoms with Crippen LogP contribution in [0.4, 0.5) is 0 Å². The molecule has 0 radical (unpaired) electrons. The Balaban J connectivity index is 2.96. The van der Waals surface area contributed by atoms with Crippen LogP contribution in [-0.2, 0) is 11.2 Å². The lowest BCUT2D eigenvalue weighted by Crippen LogP contribution is -1.99. The van der Waals surface area contributed by atoms with Crippen LogP contribution >= 0.6 is 11.6 Å². The largest absolute Gasteiger partial charge is 0.508 e. The second-order valence-corrected chi connectivity index (χ2v) is 4.46. The summed E-state index contributed by atoms with van der Waals surface area (Å²) in [6.45, 7) is 3.97. The molecule has 2 N–H and O–H groups in total. The quantitative estimate of drug-likeness (QED) is 0.853. The standard InChI is InChI=1S/C12H15ClO3/c1-7(2)9-6-11(14)8(5-10(9)13)3-4-12(15)16/h5-7,14H,3-4H2,1-2H3,(H,15,16). The molecule has 16 heavy (non-hydrogen) atoms. The molecule has 0 fully saturated rings. The molecule has 0 saturated heterocycles. The van der Waals surface area contributed by atoms with E-state index in [4.69, 9.17) is 16.7 Å². The molecular weight excluding hydrogens is 228 g/mol. The van der Waals surface area contributed by atoms with Gasteiger partial charge in [-0.15, -0.1) is 0 Å². The number of carboxylic acids is 1. The number of aryl methyl sites for hydroxylation is 1. The van der Waals surface area contributed by atoms with Gasteiger partial charge in [-0.05, 0) is 35.6 Å². The van der Waals surface area contributed by atoms with Gasteiger partial charge in [-0.2, -0.15) is 0 Å². The van der Waals surface area contributed by atoms with Crippen molar-refractivity contribution in [1.82, 2.24) is 0 Å². The molecular formula is C12H15ClO3. The van der Waals surface area contributed by atoms with Crippen molar-refractivity contribution in [3.63, 3.8) is 0 Å². The van der Waals surface area contributed by atoms with Gasteiger partial charge in [0, 0.05) is 11.4 Å². The molecule has 1 aromatic carbocycles. The first-order chi connectivity index (χ1) is 7.41. The fourth-order valence-corrected chi connectivity index (χ4v) is 1.91. The first-order valence-corrected chi connectivity index (χ1v) is 5.52. The summed E-state index contributed by atoms with van der Waals surface area (Å²) in [5, 5.41) is 18.9. The summed E-state index contributed by atoms with van der Waals surface area (Å²) in [4.78, 5) is 10.4. The van der Waals surface area contributed by atoms with Crippen LogP contribution in [0.15, 0.2) is 12.1 Å². The average Bonchev–Trinajstić information content (AvgIpc) is 2.18. The predicted molar refractivity (Wildman–Crippen MR) is 63.2 cm³/mol. The van der Waals surface area contributed by atoms with Gasteiger partial charge in [-0.25, -0.2) is 0 Å². The summed E-state index contributed by atoms with van der Waals surface area (Å²) in [5.74, 6) is -0.537. The van der Waals surface area contributed by atoms with Crippen molar-refractivity contribution in [1.29, 1.82) is 0 Å². The number of hydrogen-bond donors (Lipinski definition) is 2. The Kier molecular flexibility index (Phi) is 4.19. The van der Waals surface area contributed by atoms with E-state index in [1.165, 1.54) is 0 Å². The monoisotopic (exact) mass is 242 g/mol. The highest BCUT2D eigenvalue weighted by molar-refractivity contribution is 6.31. The highest BCUT2D eigenvalue weighted by Gasteiger charge is 2.11. The van der Waals surface area contributed by atoms with Crippen LogP contribution in [-0.4, -0.2) is 16.2 Å². The SMILES string of the molecule is CC(C)c1cc(O)c(CCC(=O)O)cc1Cl. The van der Waals surface area contributed by atoms with Crippen LogP contribution in [0.2, 0.25) is 5.02 Å². The second kappa shape index (κ2) is 5.21. The number of halogens is 1. The zero-order chi connectivity index (χ0) is 12.3. The van der Waals surface area contributed by atoms with E-state index in [0.29, 0.717) is 17.0 Å². The Morgan fingerprint density at radius 3 is 2.56 bits per heavy atom. The van der Waals surface area contributed by atoms with Crippen LogP contribution < -0.4 is 0 Å². The molecule has 3 nitrogen and oxygen atoms in total. The van der Waals surface area contributed by atoms with Crippen molar-refractivity contribution in [2.75, 3.05) is 0 Å². The van der Waals surface area contributed by atoms with Gasteiger partial charge in [0.25, 0.3) is 0 Å². The maximum atomic E-state index is 10.4. The minimum atomic E-state index is -0.886. The van der Waals surface area contributed by atoms with Gasteiger partial charge in [0.05, 0.1) is 0 Å². The number of hydrogen-bond acceptors (Lipinski definition) is 2. The van der Waals surface area contributed by atoms with Crippen molar-refractivity contribution in [2.45, 2.75) is 32.6 Å². The molecule has 0 saturated carbocycles. The van der Waals surface area contributed by atoms with Crippen LogP contribution in [0.3, 0.4) is 0 Å². The highest BCUT2D eigenvalue weighted by atomic mass is 35.5. The zero-order valence-corrected chi connectivity index (χ0v) is 10.1. The minimum Gasteiger partial charge on any atom is -0.508 e. The van der Waals surface area contributed by atoms with Gasteiger partial charge in [0.1, 0.15) is 5.75 Å². The van der Waals surface area contributed by atoms with Crippen molar-refractivity contribution in [3.05, 3.63) is 28.3 Å². The smallest absolute Gasteiger partial charge is 0.303 e. The lowest BCUT2D eigenvalue weighted by Gasteiger charge is -2.11. The third-order valence-electron chi connectivity index (χ3n) is 2.43. The van der Waals surface area contributed by atoms with Crippen LogP contribution in [0, 0.1) is 0 Å². The lowest BCUT2D eigenvalue weighted by atomic mass is 9.99. The average molecular weight is 243 g/mol. The Hall–Kier alpha value is -1.22. The number of aromatic hydroxyl groups is 1. The van der Waals surface area contributed by atoms with Crippen molar-refractivity contribution in [2.24, 2.45) is 0 Å². The molecule has 0 aliphatic carbocycles. The molecule has 0 spiro atoms. The lowest BCUT2D eigenvalue weighted by molar-refractivity contribution is -0.136. The molecule has 1 aromatic rings. The van der Waals surface area contributed by atoms with E-state index in [0.717, 1.165) is 5.56 Å². The van der Waals surface area contributed by atoms with E-state index in [1.54, 1.807) is 12.1 Å². The maximum absolute atomic E-state index is 10.4. The van der Waals surface area contributed by atoms with Gasteiger partial charge in [0.15, 0.2) is 0 Å². The maximum Gasteiger partial charge on any atom is 0.303 e. The molecule has 0 aromatic heterocycles. The molecule has 88 valence electrons. The van der Waals surface area contributed by atoms with Gasteiger partial charge >= 0.3 is 5.97 Å². The van der Waals surface area contributed by atoms with Crippen LogP contribution in [0.5, 0.6) is 5.75 Å². The zero-order valence-electron chi connectivity index (χ0n) is 9.33. The van der Waals surface area contributed by atoms with E-state index in [-0.39, 0.29) is 18.1 Å². The molecule has 1 rings (SSSR count). The third-order valence-corrected chi connectivity index (χ3v) is 2.76. The molecule has 0 unspecified atom stereocenters. The van der Waals surface area contributed by atoms with Crippen molar-refractivity contribution in [3.8, 4) is 5.75 Å². The topological polar surface area (TPSA) is 57.5 Å². The fraction of sp³-hybridized carbons (Fsp3) is 0.417. The number of phenols is 1. The fourth-order valence-electron chi connectivity index (χ4n) is 1.50. The minimum absolute atomic E-state index is 0.00901. The summed E-state index contributed by atoms with van der Waals surface area (Å²) in [5.41, 5.74) is 1.45. The highest BCUT2D eigenvalue weighted by Crippen LogP contribution is 2.31. The Morgan fingerprint density at radius 2 is 2.06 bits per heavy atom. The summed E-state index contributed by atoms with van der Waals surface area (Å²) in [7, 11) is 0. The van der Waals surface area contributed by atoms with E-state index < -0.39 is 5.97 Å². The number of aliphatic carboxylic acids is 1. The van der Waals surface area contributed by atoms with E-state index in [1.807, 2.05) is 13.8 Å². The van der Waals surface area contributed by atoms with E-state index in [2.05, 4.69) is 0 Å². The first-order valence-electron chi connectivity index (χ1n) is 5.15. The third kappa shape index (κ3) is 3.14. The number of rotatable bonds is 4. The Morgan fingerprint density at radius 1 is 1.44 bits per heavy atom. The second-order valence-electron chi connectivity index (χ2n) is 4.05. The summed E-state index contributed by atoms with van der Waals surface area (Å²) >= 11 is 6.05. The molecule has 0 heterocycles. The van der Waals surface area contributed by atoms with Gasteiger partial charge < -0.3 is 10.2 Å². The normalized spacial score (nSPS) is 10.8. The Labute approximate surface area is 99.7 Å². The molecule has 0 amide bonds. The van der Waals surface area contributed by atoms with Crippen molar-refractivity contribution < 1.29 is 15.0 Å². The molecule has 4 heteroatoms. The number of benzene rings is 1. The Bertz CT molecular complexity index is 399. The van der Waals surface area contributed by atoms with Gasteiger partial charge in [-0.3, -0.25) is 4.79 Å². The summed E-state index contributed by atoms with van der Waals surface area (Å²) < 4.78 is 0.